The first-order valence-corrected chi connectivity index (χ1v) is 7.07. The van der Waals surface area contributed by atoms with Gasteiger partial charge in [0.2, 0.25) is 5.89 Å². The zero-order valence-corrected chi connectivity index (χ0v) is 12.3. The maximum absolute atomic E-state index is 5.92. The van der Waals surface area contributed by atoms with Gasteiger partial charge in [-0.05, 0) is 32.1 Å². The number of nitrogens with two attached hydrogens (primary N) is 1. The number of benzene rings is 1. The van der Waals surface area contributed by atoms with E-state index in [1.54, 1.807) is 0 Å². The van der Waals surface area contributed by atoms with E-state index >= 15 is 0 Å². The number of rotatable bonds is 3. The van der Waals surface area contributed by atoms with Crippen molar-refractivity contribution in [3.63, 3.8) is 0 Å². The topological polar surface area (TPSA) is 58.5 Å². The molecule has 0 bridgehead atoms. The number of likely N-dealkylation sites (N-methyl/N-ethyl adjacent to an activating group) is 1. The molecule has 5 heteroatoms. The molecular formula is C15H22N4O. The maximum Gasteiger partial charge on any atom is 0.209 e. The van der Waals surface area contributed by atoms with Gasteiger partial charge in [-0.2, -0.15) is 0 Å². The molecule has 2 heterocycles. The summed E-state index contributed by atoms with van der Waals surface area (Å²) in [6.45, 7) is 5.19. The lowest BCUT2D eigenvalue weighted by Crippen LogP contribution is -2.34. The van der Waals surface area contributed by atoms with Gasteiger partial charge in [-0.25, -0.2) is 4.98 Å². The minimum Gasteiger partial charge on any atom is -0.439 e. The number of anilines is 1. The van der Waals surface area contributed by atoms with Crippen LogP contribution in [-0.4, -0.2) is 48.0 Å². The van der Waals surface area contributed by atoms with Crippen LogP contribution in [-0.2, 0) is 6.54 Å². The standard InChI is InChI=1S/C15H22N4O/c1-10-7-19(8-12(10)18(2)3)9-14-17-15-11(16)5-4-6-13(15)20-14/h4-6,10,12H,7-9,16H2,1-3H3. The second-order valence-electron chi connectivity index (χ2n) is 6.00. The molecule has 1 aromatic heterocycles. The predicted molar refractivity (Wildman–Crippen MR) is 80.3 cm³/mol. The second-order valence-corrected chi connectivity index (χ2v) is 6.00. The number of oxazole rings is 1. The molecule has 5 nitrogen and oxygen atoms in total. The van der Waals surface area contributed by atoms with E-state index in [-0.39, 0.29) is 0 Å². The number of nitrogens with zero attached hydrogens (tertiary/aromatic N) is 3. The molecule has 0 spiro atoms. The van der Waals surface area contributed by atoms with Crippen LogP contribution >= 0.6 is 0 Å². The number of fused-ring (bicyclic) bond motifs is 1. The van der Waals surface area contributed by atoms with Gasteiger partial charge in [0.15, 0.2) is 5.58 Å². The Balaban J connectivity index is 1.76. The zero-order chi connectivity index (χ0) is 14.3. The van der Waals surface area contributed by atoms with Crippen LogP contribution in [0, 0.1) is 5.92 Å². The summed E-state index contributed by atoms with van der Waals surface area (Å²) < 4.78 is 5.80. The Labute approximate surface area is 119 Å². The molecule has 1 fully saturated rings. The summed E-state index contributed by atoms with van der Waals surface area (Å²) in [6.07, 6.45) is 0. The van der Waals surface area contributed by atoms with E-state index in [0.717, 1.165) is 36.6 Å². The highest BCUT2D eigenvalue weighted by atomic mass is 16.3. The molecule has 108 valence electrons. The van der Waals surface area contributed by atoms with Crippen molar-refractivity contribution in [1.29, 1.82) is 0 Å². The molecule has 3 rings (SSSR count). The SMILES string of the molecule is CC1CN(Cc2nc3c(N)cccc3o2)CC1N(C)C. The Morgan fingerprint density at radius 3 is 2.85 bits per heavy atom. The highest BCUT2D eigenvalue weighted by Gasteiger charge is 2.31. The molecule has 2 unspecified atom stereocenters. The minimum atomic E-state index is 0.601. The fourth-order valence-corrected chi connectivity index (χ4v) is 3.12. The fourth-order valence-electron chi connectivity index (χ4n) is 3.12. The third-order valence-corrected chi connectivity index (χ3v) is 4.16. The smallest absolute Gasteiger partial charge is 0.209 e. The monoisotopic (exact) mass is 274 g/mol. The van der Waals surface area contributed by atoms with E-state index in [1.807, 2.05) is 18.2 Å². The van der Waals surface area contributed by atoms with Gasteiger partial charge in [-0.1, -0.05) is 13.0 Å². The van der Waals surface area contributed by atoms with Crippen LogP contribution in [0.4, 0.5) is 5.69 Å². The molecule has 1 aromatic carbocycles. The molecule has 2 N–H and O–H groups in total. The summed E-state index contributed by atoms with van der Waals surface area (Å²) in [5.41, 5.74) is 8.15. The number of hydrogen-bond acceptors (Lipinski definition) is 5. The van der Waals surface area contributed by atoms with E-state index in [4.69, 9.17) is 10.2 Å². The Hall–Kier alpha value is -1.59. The van der Waals surface area contributed by atoms with Crippen LogP contribution in [0.15, 0.2) is 22.6 Å². The van der Waals surface area contributed by atoms with Gasteiger partial charge in [-0.3, -0.25) is 4.90 Å². The number of aromatic nitrogens is 1. The van der Waals surface area contributed by atoms with E-state index in [1.165, 1.54) is 0 Å². The van der Waals surface area contributed by atoms with E-state index in [0.29, 0.717) is 17.6 Å². The Kier molecular flexibility index (Phi) is 3.40. The van der Waals surface area contributed by atoms with Crippen molar-refractivity contribution in [3.8, 4) is 0 Å². The number of likely N-dealkylation sites (tertiary alicyclic amines) is 1. The van der Waals surface area contributed by atoms with Crippen LogP contribution in [0.2, 0.25) is 0 Å². The maximum atomic E-state index is 5.92. The first kappa shape index (κ1) is 13.4. The average molecular weight is 274 g/mol. The molecule has 2 atom stereocenters. The first-order valence-electron chi connectivity index (χ1n) is 7.07. The molecule has 0 radical (unpaired) electrons. The molecule has 1 aliphatic heterocycles. The third kappa shape index (κ3) is 2.39. The van der Waals surface area contributed by atoms with Crippen molar-refractivity contribution in [2.45, 2.75) is 19.5 Å². The van der Waals surface area contributed by atoms with Gasteiger partial charge in [0.1, 0.15) is 5.52 Å². The van der Waals surface area contributed by atoms with Gasteiger partial charge in [0.05, 0.1) is 12.2 Å². The summed E-state index contributed by atoms with van der Waals surface area (Å²) in [6, 6.07) is 6.27. The molecule has 2 aromatic rings. The summed E-state index contributed by atoms with van der Waals surface area (Å²) in [7, 11) is 4.29. The van der Waals surface area contributed by atoms with Crippen molar-refractivity contribution >= 4 is 16.8 Å². The highest BCUT2D eigenvalue weighted by molar-refractivity contribution is 5.85. The van der Waals surface area contributed by atoms with Gasteiger partial charge in [0, 0.05) is 19.1 Å². The molecule has 0 amide bonds. The quantitative estimate of drug-likeness (QED) is 0.865. The predicted octanol–water partition coefficient (Wildman–Crippen LogP) is 1.79. The third-order valence-electron chi connectivity index (χ3n) is 4.16. The number of para-hydroxylation sites is 1. The van der Waals surface area contributed by atoms with Crippen molar-refractivity contribution in [3.05, 3.63) is 24.1 Å². The number of nitrogen functional groups attached to an aromatic ring is 1. The van der Waals surface area contributed by atoms with Crippen molar-refractivity contribution in [1.82, 2.24) is 14.8 Å². The van der Waals surface area contributed by atoms with Crippen LogP contribution < -0.4 is 5.73 Å². The van der Waals surface area contributed by atoms with E-state index in [9.17, 15) is 0 Å². The molecule has 0 aliphatic carbocycles. The van der Waals surface area contributed by atoms with Crippen LogP contribution in [0.3, 0.4) is 0 Å². The first-order chi connectivity index (χ1) is 9.54. The second kappa shape index (κ2) is 5.07. The van der Waals surface area contributed by atoms with E-state index in [2.05, 4.69) is 35.8 Å². The largest absolute Gasteiger partial charge is 0.439 e. The van der Waals surface area contributed by atoms with Gasteiger partial charge in [-0.15, -0.1) is 0 Å². The normalized spacial score (nSPS) is 24.0. The lowest BCUT2D eigenvalue weighted by molar-refractivity contribution is 0.243. The summed E-state index contributed by atoms with van der Waals surface area (Å²) in [5.74, 6) is 1.42. The summed E-state index contributed by atoms with van der Waals surface area (Å²) in [5, 5.41) is 0. The van der Waals surface area contributed by atoms with E-state index < -0.39 is 0 Å². The Bertz CT molecular complexity index is 607. The summed E-state index contributed by atoms with van der Waals surface area (Å²) in [4.78, 5) is 9.22. The van der Waals surface area contributed by atoms with Crippen LogP contribution in [0.1, 0.15) is 12.8 Å². The molecule has 1 saturated heterocycles. The van der Waals surface area contributed by atoms with Crippen LogP contribution in [0.5, 0.6) is 0 Å². The Morgan fingerprint density at radius 1 is 1.40 bits per heavy atom. The van der Waals surface area contributed by atoms with Crippen molar-refractivity contribution < 1.29 is 4.42 Å². The van der Waals surface area contributed by atoms with Crippen molar-refractivity contribution in [2.24, 2.45) is 5.92 Å². The lowest BCUT2D eigenvalue weighted by Gasteiger charge is -2.22. The molecule has 1 aliphatic rings. The Morgan fingerprint density at radius 2 is 2.20 bits per heavy atom. The van der Waals surface area contributed by atoms with Gasteiger partial charge in [0.25, 0.3) is 0 Å². The molecular weight excluding hydrogens is 252 g/mol. The fraction of sp³-hybridized carbons (Fsp3) is 0.533. The minimum absolute atomic E-state index is 0.601. The van der Waals surface area contributed by atoms with Crippen molar-refractivity contribution in [2.75, 3.05) is 32.9 Å². The zero-order valence-electron chi connectivity index (χ0n) is 12.3. The average Bonchev–Trinajstić information content (AvgIpc) is 2.94. The highest BCUT2D eigenvalue weighted by Crippen LogP contribution is 2.25. The summed E-state index contributed by atoms with van der Waals surface area (Å²) >= 11 is 0. The molecule has 0 saturated carbocycles. The van der Waals surface area contributed by atoms with Gasteiger partial charge >= 0.3 is 0 Å². The van der Waals surface area contributed by atoms with Crippen LogP contribution in [0.25, 0.3) is 11.1 Å². The van der Waals surface area contributed by atoms with Gasteiger partial charge < -0.3 is 15.1 Å². The lowest BCUT2D eigenvalue weighted by atomic mass is 10.1. The molecule has 20 heavy (non-hydrogen) atoms. The number of hydrogen-bond donors (Lipinski definition) is 1.